The van der Waals surface area contributed by atoms with Gasteiger partial charge in [0.25, 0.3) is 0 Å². The van der Waals surface area contributed by atoms with E-state index in [2.05, 4.69) is 0 Å². The van der Waals surface area contributed by atoms with E-state index in [0.717, 1.165) is 0 Å². The molecule has 0 aromatic carbocycles. The number of fused-ring (bicyclic) bond motifs is 5. The molecule has 0 spiro atoms. The first-order valence-corrected chi connectivity index (χ1v) is 9.83. The maximum atomic E-state index is 13.3. The van der Waals surface area contributed by atoms with Gasteiger partial charge in [-0.2, -0.15) is 0 Å². The number of rotatable bonds is 1. The number of ketones is 2. The summed E-state index contributed by atoms with van der Waals surface area (Å²) >= 11 is 0. The van der Waals surface area contributed by atoms with Crippen molar-refractivity contribution in [2.24, 2.45) is 28.6 Å². The van der Waals surface area contributed by atoms with Crippen LogP contribution in [0.15, 0.2) is 11.1 Å². The zero-order chi connectivity index (χ0) is 20.6. The van der Waals surface area contributed by atoms with Crippen molar-refractivity contribution in [2.45, 2.75) is 59.2 Å². The topological polar surface area (TPSA) is 107 Å². The van der Waals surface area contributed by atoms with Crippen LogP contribution < -0.4 is 0 Å². The van der Waals surface area contributed by atoms with E-state index in [-0.39, 0.29) is 29.7 Å². The Labute approximate surface area is 163 Å². The Hall–Kier alpha value is -2.02. The van der Waals surface area contributed by atoms with Crippen molar-refractivity contribution in [3.05, 3.63) is 11.1 Å². The third-order valence-corrected chi connectivity index (χ3v) is 7.74. The Bertz CT molecular complexity index is 827. The monoisotopic (exact) mass is 390 g/mol. The van der Waals surface area contributed by atoms with Gasteiger partial charge in [0.05, 0.1) is 0 Å². The summed E-state index contributed by atoms with van der Waals surface area (Å²) in [6.07, 6.45) is -0.762. The van der Waals surface area contributed by atoms with E-state index in [9.17, 15) is 24.3 Å². The molecular weight excluding hydrogens is 364 g/mol. The molecule has 3 saturated carbocycles. The summed E-state index contributed by atoms with van der Waals surface area (Å²) in [5, 5.41) is 10.9. The first-order valence-electron chi connectivity index (χ1n) is 9.83. The van der Waals surface area contributed by atoms with E-state index >= 15 is 0 Å². The van der Waals surface area contributed by atoms with E-state index in [4.69, 9.17) is 9.47 Å². The number of carbonyl (C=O) groups is 4. The summed E-state index contributed by atoms with van der Waals surface area (Å²) < 4.78 is 11.0. The van der Waals surface area contributed by atoms with Crippen LogP contribution in [0.1, 0.15) is 47.0 Å². The van der Waals surface area contributed by atoms with Gasteiger partial charge in [0.2, 0.25) is 0 Å². The molecular formula is C21H26O7. The number of cyclic esters (lactones) is 1. The minimum absolute atomic E-state index is 0.0131. The number of carbonyl (C=O) groups excluding carboxylic acids is 4. The molecule has 0 amide bonds. The maximum absolute atomic E-state index is 13.3. The average molecular weight is 390 g/mol. The van der Waals surface area contributed by atoms with E-state index in [1.165, 1.54) is 6.92 Å². The van der Waals surface area contributed by atoms with Crippen LogP contribution in [-0.2, 0) is 28.7 Å². The molecule has 0 unspecified atom stereocenters. The summed E-state index contributed by atoms with van der Waals surface area (Å²) in [5.74, 6) is -2.61. The van der Waals surface area contributed by atoms with Crippen LogP contribution in [0.4, 0.5) is 0 Å². The van der Waals surface area contributed by atoms with Crippen molar-refractivity contribution < 1.29 is 33.8 Å². The zero-order valence-electron chi connectivity index (χ0n) is 16.6. The number of esters is 2. The average Bonchev–Trinajstić information content (AvgIpc) is 2.90. The third kappa shape index (κ3) is 2.31. The van der Waals surface area contributed by atoms with Gasteiger partial charge in [0.15, 0.2) is 5.78 Å². The van der Waals surface area contributed by atoms with Crippen LogP contribution >= 0.6 is 0 Å². The van der Waals surface area contributed by atoms with E-state index in [0.29, 0.717) is 24.8 Å². The van der Waals surface area contributed by atoms with Crippen LogP contribution in [-0.4, -0.2) is 47.4 Å². The Morgan fingerprint density at radius 3 is 2.54 bits per heavy atom. The molecule has 4 aliphatic rings. The number of Topliss-reactive ketones (excluding diaryl/α,β-unsaturated/α-hetero) is 2. The smallest absolute Gasteiger partial charge is 0.333 e. The van der Waals surface area contributed by atoms with Gasteiger partial charge >= 0.3 is 11.9 Å². The molecule has 0 aromatic heterocycles. The molecule has 1 aliphatic heterocycles. The highest BCUT2D eigenvalue weighted by molar-refractivity contribution is 5.98. The lowest BCUT2D eigenvalue weighted by atomic mass is 9.46. The summed E-state index contributed by atoms with van der Waals surface area (Å²) in [5.41, 5.74) is -0.969. The van der Waals surface area contributed by atoms with Crippen molar-refractivity contribution in [1.82, 2.24) is 0 Å². The summed E-state index contributed by atoms with van der Waals surface area (Å²) in [7, 11) is 0. The van der Waals surface area contributed by atoms with E-state index in [1.807, 2.05) is 13.8 Å². The van der Waals surface area contributed by atoms with E-state index in [1.54, 1.807) is 6.92 Å². The molecule has 7 atom stereocenters. The van der Waals surface area contributed by atoms with Crippen molar-refractivity contribution in [3.63, 3.8) is 0 Å². The summed E-state index contributed by atoms with van der Waals surface area (Å²) in [6.45, 7) is 6.59. The van der Waals surface area contributed by atoms with Gasteiger partial charge in [0.1, 0.15) is 24.6 Å². The SMILES string of the molecule is CC(=O)O[C@@H]1C[C@]2(C)C(=O)CC[C@H]2[C@@H]2C(=O)[C@H](O)C3=C(C)C(=O)OC[C@]3(C)[C@H]21. The summed E-state index contributed by atoms with van der Waals surface area (Å²) in [6, 6.07) is 0. The van der Waals surface area contributed by atoms with Crippen molar-refractivity contribution >= 4 is 23.5 Å². The lowest BCUT2D eigenvalue weighted by Gasteiger charge is -2.58. The van der Waals surface area contributed by atoms with Crippen LogP contribution in [0, 0.1) is 28.6 Å². The molecule has 152 valence electrons. The van der Waals surface area contributed by atoms with Crippen LogP contribution in [0.5, 0.6) is 0 Å². The van der Waals surface area contributed by atoms with Gasteiger partial charge < -0.3 is 14.6 Å². The molecule has 0 saturated heterocycles. The molecule has 1 heterocycles. The number of ether oxygens (including phenoxy) is 2. The van der Waals surface area contributed by atoms with Crippen LogP contribution in [0.3, 0.4) is 0 Å². The lowest BCUT2D eigenvalue weighted by molar-refractivity contribution is -0.189. The Morgan fingerprint density at radius 2 is 1.89 bits per heavy atom. The first kappa shape index (κ1) is 19.3. The highest BCUT2D eigenvalue weighted by Crippen LogP contribution is 2.63. The third-order valence-electron chi connectivity index (χ3n) is 7.74. The second kappa shape index (κ2) is 5.99. The standard InChI is InChI=1S/C21H26O7/c1-9-15-18(25)17(24)14-11-5-6-13(23)20(11,3)7-12(28-10(2)22)16(14)21(15,4)8-27-19(9)26/h11-12,14,16,18,25H,5-8H2,1-4H3/t11-,12+,14-,16-,18+,20-,21-/m0/s1. The highest BCUT2D eigenvalue weighted by atomic mass is 16.5. The fraction of sp³-hybridized carbons (Fsp3) is 0.714. The van der Waals surface area contributed by atoms with Gasteiger partial charge in [-0.15, -0.1) is 0 Å². The van der Waals surface area contributed by atoms with Crippen molar-refractivity contribution in [3.8, 4) is 0 Å². The fourth-order valence-corrected chi connectivity index (χ4v) is 6.53. The van der Waals surface area contributed by atoms with Gasteiger partial charge in [0, 0.05) is 41.6 Å². The largest absolute Gasteiger partial charge is 0.462 e. The summed E-state index contributed by atoms with van der Waals surface area (Å²) in [4.78, 5) is 50.0. The quantitative estimate of drug-likeness (QED) is 0.674. The zero-order valence-corrected chi connectivity index (χ0v) is 16.6. The number of hydrogen-bond donors (Lipinski definition) is 1. The Kier molecular flexibility index (Phi) is 4.13. The van der Waals surface area contributed by atoms with Crippen LogP contribution in [0.2, 0.25) is 0 Å². The van der Waals surface area contributed by atoms with Gasteiger partial charge in [-0.1, -0.05) is 13.8 Å². The fourth-order valence-electron chi connectivity index (χ4n) is 6.53. The lowest BCUT2D eigenvalue weighted by Crippen LogP contribution is -2.65. The van der Waals surface area contributed by atoms with Crippen LogP contribution in [0.25, 0.3) is 0 Å². The highest BCUT2D eigenvalue weighted by Gasteiger charge is 2.68. The minimum Gasteiger partial charge on any atom is -0.462 e. The first-order chi connectivity index (χ1) is 13.0. The molecule has 0 radical (unpaired) electrons. The second-order valence-corrected chi connectivity index (χ2v) is 9.23. The number of hydrogen-bond acceptors (Lipinski definition) is 7. The molecule has 28 heavy (non-hydrogen) atoms. The molecule has 3 aliphatic carbocycles. The number of aliphatic hydroxyl groups is 1. The molecule has 7 nitrogen and oxygen atoms in total. The van der Waals surface area contributed by atoms with Gasteiger partial charge in [-0.05, 0) is 31.3 Å². The maximum Gasteiger partial charge on any atom is 0.333 e. The molecule has 3 fully saturated rings. The number of aliphatic hydroxyl groups excluding tert-OH is 1. The molecule has 7 heteroatoms. The molecule has 4 rings (SSSR count). The predicted molar refractivity (Wildman–Crippen MR) is 95.8 cm³/mol. The second-order valence-electron chi connectivity index (χ2n) is 9.23. The van der Waals surface area contributed by atoms with Gasteiger partial charge in [-0.3, -0.25) is 14.4 Å². The van der Waals surface area contributed by atoms with Gasteiger partial charge in [-0.25, -0.2) is 4.79 Å². The molecule has 1 N–H and O–H groups in total. The molecule has 0 aromatic rings. The van der Waals surface area contributed by atoms with E-state index < -0.39 is 46.8 Å². The van der Waals surface area contributed by atoms with Crippen molar-refractivity contribution in [1.29, 1.82) is 0 Å². The Morgan fingerprint density at radius 1 is 1.21 bits per heavy atom. The Balaban J connectivity index is 1.91. The predicted octanol–water partition coefficient (Wildman–Crippen LogP) is 1.36. The normalized spacial score (nSPS) is 45.2. The minimum atomic E-state index is -1.41. The van der Waals surface area contributed by atoms with Crippen molar-refractivity contribution in [2.75, 3.05) is 6.61 Å². The molecule has 0 bridgehead atoms.